The summed E-state index contributed by atoms with van der Waals surface area (Å²) in [6.07, 6.45) is 42.3. The fourth-order valence-electron chi connectivity index (χ4n) is 5.65. The van der Waals surface area contributed by atoms with Gasteiger partial charge in [0.1, 0.15) is 0 Å². The molecule has 0 aliphatic rings. The van der Waals surface area contributed by atoms with Gasteiger partial charge < -0.3 is 24.5 Å². The van der Waals surface area contributed by atoms with Crippen molar-refractivity contribution in [1.29, 1.82) is 0 Å². The number of hydrogen-bond donors (Lipinski definition) is 0. The van der Waals surface area contributed by atoms with Crippen molar-refractivity contribution in [1.82, 2.24) is 0 Å². The van der Waals surface area contributed by atoms with E-state index in [4.69, 9.17) is 4.74 Å². The molecule has 0 saturated heterocycles. The van der Waals surface area contributed by atoms with Gasteiger partial charge in [-0.2, -0.15) is 0 Å². The Morgan fingerprint density at radius 3 is 0.979 bits per heavy atom. The molecule has 0 aliphatic carbocycles. The molecule has 0 fully saturated rings. The number of ether oxygens (including phenoxy) is 1. The molecule has 0 rings (SSSR count). The SMILES string of the molecule is CCCCCCCCCCCCCCCCCC(=O)[O-].CCCCCCCCCCCCCCCCCCOC(=O)C=CC(=O)[O-].[Ca+2].[Na+]. The van der Waals surface area contributed by atoms with Gasteiger partial charge in [0.05, 0.1) is 12.6 Å². The zero-order valence-electron chi connectivity index (χ0n) is 32.1. The van der Waals surface area contributed by atoms with Crippen molar-refractivity contribution < 1.29 is 58.9 Å². The van der Waals surface area contributed by atoms with Crippen LogP contribution in [0.25, 0.3) is 0 Å². The number of aliphatic carboxylic acids is 2. The zero-order chi connectivity index (χ0) is 34.2. The maximum Gasteiger partial charge on any atom is 2.00 e. The van der Waals surface area contributed by atoms with Gasteiger partial charge in [0, 0.05) is 12.0 Å². The number of carbonyl (C=O) groups is 3. The van der Waals surface area contributed by atoms with E-state index in [2.05, 4.69) is 13.8 Å². The molecule has 0 unspecified atom stereocenters. The van der Waals surface area contributed by atoms with Crippen LogP contribution in [0, 0.1) is 0 Å². The molecule has 6 nitrogen and oxygen atoms in total. The van der Waals surface area contributed by atoms with Gasteiger partial charge in [0.25, 0.3) is 0 Å². The van der Waals surface area contributed by atoms with E-state index < -0.39 is 17.9 Å². The van der Waals surface area contributed by atoms with Gasteiger partial charge in [0.2, 0.25) is 0 Å². The molecule has 0 radical (unpaired) electrons. The Kier molecular flexibility index (Phi) is 56.9. The number of carboxylic acid groups (broad SMARTS) is 2. The van der Waals surface area contributed by atoms with E-state index in [0.717, 1.165) is 31.8 Å². The minimum Gasteiger partial charge on any atom is -0.550 e. The van der Waals surface area contributed by atoms with Gasteiger partial charge in [-0.15, -0.1) is 0 Å². The van der Waals surface area contributed by atoms with Gasteiger partial charge in [-0.3, -0.25) is 0 Å². The summed E-state index contributed by atoms with van der Waals surface area (Å²) < 4.78 is 4.89. The molecule has 0 aromatic heterocycles. The maximum absolute atomic E-state index is 11.1. The third kappa shape index (κ3) is 55.8. The number of unbranched alkanes of at least 4 members (excludes halogenated alkanes) is 29. The molecule has 0 heterocycles. The van der Waals surface area contributed by atoms with E-state index in [1.807, 2.05) is 0 Å². The molecule has 0 N–H and O–H groups in total. The van der Waals surface area contributed by atoms with Crippen LogP contribution < -0.4 is 39.8 Å². The van der Waals surface area contributed by atoms with Crippen molar-refractivity contribution in [3.05, 3.63) is 12.2 Å². The first-order valence-electron chi connectivity index (χ1n) is 19.7. The fraction of sp³-hybridized carbons (Fsp3) is 0.875. The number of carbonyl (C=O) groups excluding carboxylic acids is 3. The van der Waals surface area contributed by atoms with E-state index in [9.17, 15) is 24.6 Å². The summed E-state index contributed by atoms with van der Waals surface area (Å²) in [5.41, 5.74) is 0. The number of rotatable bonds is 35. The summed E-state index contributed by atoms with van der Waals surface area (Å²) >= 11 is 0. The van der Waals surface area contributed by atoms with Crippen LogP contribution in [0.2, 0.25) is 0 Å². The molecule has 8 heteroatoms. The van der Waals surface area contributed by atoms with Crippen molar-refractivity contribution >= 4 is 55.6 Å². The minimum atomic E-state index is -1.38. The van der Waals surface area contributed by atoms with Crippen LogP contribution in [0.15, 0.2) is 12.2 Å². The maximum atomic E-state index is 11.1. The molecular weight excluding hydrogens is 640 g/mol. The monoisotopic (exact) mass is 714 g/mol. The third-order valence-electron chi connectivity index (χ3n) is 8.58. The molecule has 0 aliphatic heterocycles. The van der Waals surface area contributed by atoms with Gasteiger partial charge in [-0.25, -0.2) is 4.79 Å². The summed E-state index contributed by atoms with van der Waals surface area (Å²) in [6.45, 7) is 4.89. The van der Waals surface area contributed by atoms with Gasteiger partial charge in [-0.1, -0.05) is 200 Å². The third-order valence-corrected chi connectivity index (χ3v) is 8.58. The van der Waals surface area contributed by atoms with Crippen LogP contribution in [0.1, 0.15) is 219 Å². The Bertz CT molecular complexity index is 689. The predicted octanol–water partition coefficient (Wildman–Crippen LogP) is 6.72. The second kappa shape index (κ2) is 49.5. The summed E-state index contributed by atoms with van der Waals surface area (Å²) in [5, 5.41) is 20.4. The molecule has 0 saturated carbocycles. The summed E-state index contributed by atoms with van der Waals surface area (Å²) in [4.78, 5) is 31.5. The second-order valence-electron chi connectivity index (χ2n) is 13.2. The van der Waals surface area contributed by atoms with Gasteiger partial charge >= 0.3 is 73.3 Å². The number of carboxylic acids is 2. The van der Waals surface area contributed by atoms with Crippen LogP contribution >= 0.6 is 0 Å². The van der Waals surface area contributed by atoms with Crippen LogP contribution in [-0.2, 0) is 19.1 Å². The molecule has 48 heavy (non-hydrogen) atoms. The van der Waals surface area contributed by atoms with Crippen molar-refractivity contribution in [3.8, 4) is 0 Å². The first-order chi connectivity index (χ1) is 22.4. The second-order valence-corrected chi connectivity index (χ2v) is 13.2. The number of esters is 1. The average Bonchev–Trinajstić information content (AvgIpc) is 3.03. The Morgan fingerprint density at radius 1 is 0.438 bits per heavy atom. The van der Waals surface area contributed by atoms with Crippen molar-refractivity contribution in [2.75, 3.05) is 6.61 Å². The Balaban J connectivity index is -0.000000399. The Morgan fingerprint density at radius 2 is 0.708 bits per heavy atom. The number of hydrogen-bond acceptors (Lipinski definition) is 6. The first-order valence-corrected chi connectivity index (χ1v) is 19.7. The summed E-state index contributed by atoms with van der Waals surface area (Å²) in [6, 6.07) is 0. The summed E-state index contributed by atoms with van der Waals surface area (Å²) in [5.74, 6) is -2.90. The van der Waals surface area contributed by atoms with Crippen LogP contribution in [-0.4, -0.2) is 62.3 Å². The molecule has 0 atom stereocenters. The van der Waals surface area contributed by atoms with E-state index in [1.165, 1.54) is 173 Å². The molecule has 0 bridgehead atoms. The Hall–Kier alpha value is 0.410. The van der Waals surface area contributed by atoms with Gasteiger partial charge in [0.15, 0.2) is 0 Å². The van der Waals surface area contributed by atoms with E-state index in [-0.39, 0.29) is 73.7 Å². The molecule has 0 aromatic carbocycles. The average molecular weight is 714 g/mol. The van der Waals surface area contributed by atoms with Gasteiger partial charge in [-0.05, 0) is 25.3 Å². The molecular formula is C40H74CaNaO6+. The summed E-state index contributed by atoms with van der Waals surface area (Å²) in [7, 11) is 0. The smallest absolute Gasteiger partial charge is 0.550 e. The van der Waals surface area contributed by atoms with Crippen LogP contribution in [0.4, 0.5) is 0 Å². The van der Waals surface area contributed by atoms with Crippen LogP contribution in [0.5, 0.6) is 0 Å². The first kappa shape index (κ1) is 55.2. The van der Waals surface area contributed by atoms with E-state index in [0.29, 0.717) is 12.7 Å². The molecule has 0 spiro atoms. The zero-order valence-corrected chi connectivity index (χ0v) is 36.4. The predicted molar refractivity (Wildman–Crippen MR) is 195 cm³/mol. The standard InChI is InChI=1S/C22H40O4.C18H36O2.Ca.Na/c1-2-3-4-5-6-7-8-9-10-11-12-13-14-15-16-17-20-26-22(25)19-18-21(23)24;1-2-3-4-5-6-7-8-9-10-11-12-13-14-15-16-17-18(19)20;;/h18-19H,2-17,20H2,1H3,(H,23,24);2-17H2,1H3,(H,19,20);;/q;;+2;+1/p-2. The normalized spacial score (nSPS) is 10.5. The largest absolute Gasteiger partial charge is 2.00 e. The Labute approximate surface area is 349 Å². The molecule has 0 aromatic rings. The van der Waals surface area contributed by atoms with Crippen molar-refractivity contribution in [2.45, 2.75) is 219 Å². The van der Waals surface area contributed by atoms with E-state index in [1.54, 1.807) is 0 Å². The quantitative estimate of drug-likeness (QED) is 0.0313. The van der Waals surface area contributed by atoms with Crippen molar-refractivity contribution in [3.63, 3.8) is 0 Å². The minimum absolute atomic E-state index is 0. The molecule has 272 valence electrons. The topological polar surface area (TPSA) is 107 Å². The molecule has 0 amide bonds. The fourth-order valence-corrected chi connectivity index (χ4v) is 5.65. The van der Waals surface area contributed by atoms with E-state index >= 15 is 0 Å². The van der Waals surface area contributed by atoms with Crippen LogP contribution in [0.3, 0.4) is 0 Å². The van der Waals surface area contributed by atoms with Crippen molar-refractivity contribution in [2.24, 2.45) is 0 Å².